The summed E-state index contributed by atoms with van der Waals surface area (Å²) in [6, 6.07) is 1.56. The number of halogens is 1. The van der Waals surface area contributed by atoms with E-state index >= 15 is 0 Å². The zero-order valence-corrected chi connectivity index (χ0v) is 9.55. The number of carboxylic acid groups (broad SMARTS) is 1. The van der Waals surface area contributed by atoms with Crippen LogP contribution in [0.15, 0.2) is 10.5 Å². The van der Waals surface area contributed by atoms with Gasteiger partial charge in [0.05, 0.1) is 6.42 Å². The van der Waals surface area contributed by atoms with Crippen molar-refractivity contribution in [3.05, 3.63) is 27.2 Å². The lowest BCUT2D eigenvalue weighted by Gasteiger charge is -2.10. The van der Waals surface area contributed by atoms with Crippen molar-refractivity contribution in [3.63, 3.8) is 0 Å². The molecule has 0 aliphatic rings. The second-order valence-electron chi connectivity index (χ2n) is 3.20. The number of phenols is 1. The van der Waals surface area contributed by atoms with Gasteiger partial charge in [-0.05, 0) is 31.0 Å². The van der Waals surface area contributed by atoms with Crippen LogP contribution in [-0.2, 0) is 11.2 Å². The summed E-state index contributed by atoms with van der Waals surface area (Å²) in [5.74, 6) is -0.898. The van der Waals surface area contributed by atoms with Crippen LogP contribution in [0, 0.1) is 13.8 Å². The molecule has 0 fully saturated rings. The first-order chi connectivity index (χ1) is 6.43. The molecular weight excluding hydrogens is 248 g/mol. The van der Waals surface area contributed by atoms with Crippen LogP contribution in [0.5, 0.6) is 5.75 Å². The van der Waals surface area contributed by atoms with Crippen molar-refractivity contribution >= 4 is 21.9 Å². The van der Waals surface area contributed by atoms with Crippen molar-refractivity contribution in [1.29, 1.82) is 0 Å². The van der Waals surface area contributed by atoms with E-state index < -0.39 is 5.97 Å². The van der Waals surface area contributed by atoms with E-state index in [9.17, 15) is 9.90 Å². The fraction of sp³-hybridized carbons (Fsp3) is 0.300. The molecule has 1 aromatic rings. The summed E-state index contributed by atoms with van der Waals surface area (Å²) in [7, 11) is 0. The first-order valence-corrected chi connectivity index (χ1v) is 4.92. The largest absolute Gasteiger partial charge is 0.508 e. The highest BCUT2D eigenvalue weighted by atomic mass is 79.9. The van der Waals surface area contributed by atoms with Crippen molar-refractivity contribution in [2.75, 3.05) is 0 Å². The zero-order valence-electron chi connectivity index (χ0n) is 7.97. The molecule has 76 valence electrons. The van der Waals surface area contributed by atoms with Crippen molar-refractivity contribution in [1.82, 2.24) is 0 Å². The maximum Gasteiger partial charge on any atom is 0.307 e. The molecule has 0 amide bonds. The van der Waals surface area contributed by atoms with Crippen LogP contribution in [0.25, 0.3) is 0 Å². The number of hydrogen-bond donors (Lipinski definition) is 2. The summed E-state index contributed by atoms with van der Waals surface area (Å²) < 4.78 is 0.853. The van der Waals surface area contributed by atoms with Gasteiger partial charge in [-0.15, -0.1) is 0 Å². The molecule has 0 saturated heterocycles. The maximum atomic E-state index is 10.5. The highest BCUT2D eigenvalue weighted by Crippen LogP contribution is 2.31. The van der Waals surface area contributed by atoms with Crippen LogP contribution in [0.3, 0.4) is 0 Å². The Morgan fingerprint density at radius 2 is 2.07 bits per heavy atom. The molecule has 0 aromatic heterocycles. The number of carbonyl (C=O) groups is 1. The van der Waals surface area contributed by atoms with Gasteiger partial charge in [-0.1, -0.05) is 15.9 Å². The number of phenolic OH excluding ortho intramolecular Hbond substituents is 1. The second kappa shape index (κ2) is 4.00. The van der Waals surface area contributed by atoms with Crippen LogP contribution in [0.1, 0.15) is 16.7 Å². The Bertz CT molecular complexity index is 385. The summed E-state index contributed by atoms with van der Waals surface area (Å²) >= 11 is 3.35. The van der Waals surface area contributed by atoms with Crippen LogP contribution in [0.4, 0.5) is 0 Å². The Kier molecular flexibility index (Phi) is 3.16. The molecule has 0 heterocycles. The predicted molar refractivity (Wildman–Crippen MR) is 56.6 cm³/mol. The predicted octanol–water partition coefficient (Wildman–Crippen LogP) is 2.40. The van der Waals surface area contributed by atoms with Gasteiger partial charge in [0.15, 0.2) is 0 Å². The topological polar surface area (TPSA) is 57.5 Å². The van der Waals surface area contributed by atoms with Crippen molar-refractivity contribution < 1.29 is 15.0 Å². The van der Waals surface area contributed by atoms with E-state index in [2.05, 4.69) is 15.9 Å². The van der Waals surface area contributed by atoms with E-state index in [1.54, 1.807) is 13.0 Å². The smallest absolute Gasteiger partial charge is 0.307 e. The van der Waals surface area contributed by atoms with Gasteiger partial charge in [0.2, 0.25) is 0 Å². The van der Waals surface area contributed by atoms with Gasteiger partial charge in [0.25, 0.3) is 0 Å². The minimum absolute atomic E-state index is 0.0469. The van der Waals surface area contributed by atoms with Crippen LogP contribution in [-0.4, -0.2) is 16.2 Å². The Balaban J connectivity index is 3.29. The summed E-state index contributed by atoms with van der Waals surface area (Å²) in [6.07, 6.45) is -0.156. The normalized spacial score (nSPS) is 10.2. The summed E-state index contributed by atoms with van der Waals surface area (Å²) in [4.78, 5) is 10.5. The van der Waals surface area contributed by atoms with E-state index in [1.165, 1.54) is 0 Å². The highest BCUT2D eigenvalue weighted by molar-refractivity contribution is 9.10. The molecule has 0 atom stereocenters. The van der Waals surface area contributed by atoms with Crippen LogP contribution < -0.4 is 0 Å². The van der Waals surface area contributed by atoms with Gasteiger partial charge in [0.1, 0.15) is 5.75 Å². The van der Waals surface area contributed by atoms with E-state index in [0.717, 1.165) is 15.6 Å². The van der Waals surface area contributed by atoms with Gasteiger partial charge in [-0.2, -0.15) is 0 Å². The van der Waals surface area contributed by atoms with E-state index in [0.29, 0.717) is 5.56 Å². The van der Waals surface area contributed by atoms with E-state index in [4.69, 9.17) is 5.11 Å². The third-order valence-corrected chi connectivity index (χ3v) is 3.34. The third kappa shape index (κ3) is 2.07. The standard InChI is InChI=1S/C10H11BrO3/c1-5-3-8(12)7(4-9(13)14)6(2)10(5)11/h3,12H,4H2,1-2H3,(H,13,14). The maximum absolute atomic E-state index is 10.5. The molecule has 2 N–H and O–H groups in total. The molecule has 0 radical (unpaired) electrons. The summed E-state index contributed by atoms with van der Waals surface area (Å²) in [6.45, 7) is 3.64. The number of aryl methyl sites for hydroxylation is 1. The molecule has 3 nitrogen and oxygen atoms in total. The lowest BCUT2D eigenvalue weighted by molar-refractivity contribution is -0.136. The fourth-order valence-corrected chi connectivity index (χ4v) is 1.70. The van der Waals surface area contributed by atoms with Gasteiger partial charge in [0, 0.05) is 10.0 Å². The Hall–Kier alpha value is -1.03. The molecule has 1 aromatic carbocycles. The van der Waals surface area contributed by atoms with Gasteiger partial charge >= 0.3 is 5.97 Å². The minimum atomic E-state index is -0.945. The number of aliphatic carboxylic acids is 1. The van der Waals surface area contributed by atoms with Crippen LogP contribution in [0.2, 0.25) is 0 Å². The van der Waals surface area contributed by atoms with Gasteiger partial charge < -0.3 is 10.2 Å². The van der Waals surface area contributed by atoms with Crippen molar-refractivity contribution in [3.8, 4) is 5.75 Å². The summed E-state index contributed by atoms with van der Waals surface area (Å²) in [5.41, 5.74) is 2.15. The highest BCUT2D eigenvalue weighted by Gasteiger charge is 2.13. The molecule has 0 aliphatic heterocycles. The number of rotatable bonds is 2. The second-order valence-corrected chi connectivity index (χ2v) is 3.99. The molecule has 4 heteroatoms. The SMILES string of the molecule is Cc1cc(O)c(CC(=O)O)c(C)c1Br. The van der Waals surface area contributed by atoms with Gasteiger partial charge in [-0.3, -0.25) is 4.79 Å². The lowest BCUT2D eigenvalue weighted by Crippen LogP contribution is -2.03. The molecule has 1 rings (SSSR count). The quantitative estimate of drug-likeness (QED) is 0.857. The van der Waals surface area contributed by atoms with Crippen LogP contribution >= 0.6 is 15.9 Å². The molecule has 0 spiro atoms. The van der Waals surface area contributed by atoms with Crippen molar-refractivity contribution in [2.45, 2.75) is 20.3 Å². The molecule has 0 bridgehead atoms. The molecular formula is C10H11BrO3. The molecule has 14 heavy (non-hydrogen) atoms. The lowest BCUT2D eigenvalue weighted by atomic mass is 10.0. The van der Waals surface area contributed by atoms with Crippen molar-refractivity contribution in [2.24, 2.45) is 0 Å². The zero-order chi connectivity index (χ0) is 10.9. The first-order valence-electron chi connectivity index (χ1n) is 4.12. The van der Waals surface area contributed by atoms with E-state index in [-0.39, 0.29) is 12.2 Å². The number of carboxylic acids is 1. The Labute approximate surface area is 90.5 Å². The summed E-state index contributed by atoms with van der Waals surface area (Å²) in [5, 5.41) is 18.2. The number of hydrogen-bond acceptors (Lipinski definition) is 2. The molecule has 0 aliphatic carbocycles. The Morgan fingerprint density at radius 1 is 1.50 bits per heavy atom. The fourth-order valence-electron chi connectivity index (χ4n) is 1.35. The van der Waals surface area contributed by atoms with E-state index in [1.807, 2.05) is 6.92 Å². The average Bonchev–Trinajstić information content (AvgIpc) is 2.09. The first kappa shape index (κ1) is 11.0. The molecule has 0 saturated carbocycles. The van der Waals surface area contributed by atoms with Gasteiger partial charge in [-0.25, -0.2) is 0 Å². The monoisotopic (exact) mass is 258 g/mol. The number of aromatic hydroxyl groups is 1. The minimum Gasteiger partial charge on any atom is -0.508 e. The molecule has 0 unspecified atom stereocenters. The Morgan fingerprint density at radius 3 is 2.57 bits per heavy atom. The average molecular weight is 259 g/mol. The number of benzene rings is 1. The third-order valence-electron chi connectivity index (χ3n) is 2.12.